The monoisotopic (exact) mass is 576 g/mol. The lowest BCUT2D eigenvalue weighted by molar-refractivity contribution is 1.29. The summed E-state index contributed by atoms with van der Waals surface area (Å²) >= 11 is 0. The lowest BCUT2D eigenvalue weighted by atomic mass is 9.84. The Morgan fingerprint density at radius 1 is 0.378 bits per heavy atom. The molecule has 7 aromatic rings. The average molecular weight is 577 g/mol. The summed E-state index contributed by atoms with van der Waals surface area (Å²) in [5, 5.41) is 0. The van der Waals surface area contributed by atoms with Gasteiger partial charge < -0.3 is 0 Å². The van der Waals surface area contributed by atoms with Crippen LogP contribution in [0.15, 0.2) is 152 Å². The van der Waals surface area contributed by atoms with E-state index < -0.39 is 0 Å². The summed E-state index contributed by atoms with van der Waals surface area (Å²) in [6.45, 7) is 4.36. The molecule has 0 unspecified atom stereocenters. The van der Waals surface area contributed by atoms with Crippen molar-refractivity contribution in [2.24, 2.45) is 0 Å². The maximum atomic E-state index is 4.88. The summed E-state index contributed by atoms with van der Waals surface area (Å²) in [7, 11) is 2.18. The molecule has 3 heteroatoms. The molecule has 2 aromatic heterocycles. The van der Waals surface area contributed by atoms with Gasteiger partial charge in [0, 0.05) is 34.6 Å². The highest BCUT2D eigenvalue weighted by Gasteiger charge is 2.15. The lowest BCUT2D eigenvalue weighted by Crippen LogP contribution is -2.04. The minimum atomic E-state index is 0.991. The molecule has 7 rings (SSSR count). The van der Waals surface area contributed by atoms with Crippen LogP contribution in [0.2, 0.25) is 0 Å². The quantitative estimate of drug-likeness (QED) is 0.184. The third-order valence-electron chi connectivity index (χ3n) is 8.49. The summed E-state index contributed by atoms with van der Waals surface area (Å²) in [6, 6.07) is 49.4. The van der Waals surface area contributed by atoms with E-state index >= 15 is 0 Å². The summed E-state index contributed by atoms with van der Waals surface area (Å²) in [5.41, 5.74) is 17.3. The molecule has 45 heavy (non-hydrogen) atoms. The summed E-state index contributed by atoms with van der Waals surface area (Å²) in [6.07, 6.45) is 4.05. The number of pyridine rings is 2. The van der Waals surface area contributed by atoms with Gasteiger partial charge in [0.1, 0.15) is 7.85 Å². The molecule has 0 spiro atoms. The van der Waals surface area contributed by atoms with Gasteiger partial charge in [-0.3, -0.25) is 9.97 Å². The normalized spacial score (nSPS) is 11.0. The molecule has 0 fully saturated rings. The van der Waals surface area contributed by atoms with Crippen molar-refractivity contribution in [1.29, 1.82) is 0 Å². The number of aryl methyl sites for hydroxylation is 2. The van der Waals surface area contributed by atoms with Gasteiger partial charge in [-0.1, -0.05) is 127 Å². The van der Waals surface area contributed by atoms with Crippen LogP contribution in [0, 0.1) is 13.8 Å². The molecule has 0 aliphatic rings. The predicted molar refractivity (Wildman–Crippen MR) is 192 cm³/mol. The Balaban J connectivity index is 1.30. The van der Waals surface area contributed by atoms with E-state index in [4.69, 9.17) is 9.97 Å². The molecule has 0 aliphatic carbocycles. The minimum absolute atomic E-state index is 0.991. The van der Waals surface area contributed by atoms with Crippen molar-refractivity contribution in [3.63, 3.8) is 0 Å². The van der Waals surface area contributed by atoms with E-state index in [2.05, 4.69) is 149 Å². The van der Waals surface area contributed by atoms with Gasteiger partial charge in [-0.05, 0) is 76.6 Å². The smallest absolute Gasteiger partial charge is 0.139 e. The first-order valence-electron chi connectivity index (χ1n) is 15.4. The van der Waals surface area contributed by atoms with Crippen LogP contribution < -0.4 is 5.46 Å². The second-order valence-electron chi connectivity index (χ2n) is 11.7. The van der Waals surface area contributed by atoms with E-state index in [9.17, 15) is 0 Å². The van der Waals surface area contributed by atoms with Crippen molar-refractivity contribution < 1.29 is 0 Å². The van der Waals surface area contributed by atoms with Crippen LogP contribution in [-0.4, -0.2) is 17.8 Å². The maximum absolute atomic E-state index is 4.88. The SMILES string of the molecule is Bc1cc(-c2ccccc2-c2cnc(-c3ccccc3)cc2C)cc(-c2ccccc2-c2cnc(-c3ccccc3)cc2C)c1. The molecule has 0 radical (unpaired) electrons. The summed E-state index contributed by atoms with van der Waals surface area (Å²) in [4.78, 5) is 9.75. The van der Waals surface area contributed by atoms with Crippen LogP contribution in [0.5, 0.6) is 0 Å². The molecule has 0 N–H and O–H groups in total. The van der Waals surface area contributed by atoms with Crippen molar-refractivity contribution in [3.05, 3.63) is 163 Å². The fourth-order valence-electron chi connectivity index (χ4n) is 6.24. The summed E-state index contributed by atoms with van der Waals surface area (Å²) in [5.74, 6) is 0. The molecule has 0 aliphatic heterocycles. The number of hydrogen-bond donors (Lipinski definition) is 0. The van der Waals surface area contributed by atoms with Crippen LogP contribution in [0.3, 0.4) is 0 Å². The molecule has 0 bridgehead atoms. The van der Waals surface area contributed by atoms with Crippen molar-refractivity contribution in [2.75, 3.05) is 0 Å². The Morgan fingerprint density at radius 2 is 0.756 bits per heavy atom. The first-order chi connectivity index (χ1) is 22.0. The van der Waals surface area contributed by atoms with Crippen molar-refractivity contribution >= 4 is 13.3 Å². The standard InChI is InChI=1S/C42H33BN2/c1-28-21-41(30-13-5-3-6-14-30)44-26-39(28)37-19-11-9-17-35(37)32-23-33(25-34(43)24-32)36-18-10-12-20-38(36)40-27-45-42(22-29(40)2)31-15-7-4-8-16-31/h3-27H,43H2,1-2H3. The second kappa shape index (κ2) is 12.2. The van der Waals surface area contributed by atoms with E-state index in [0.717, 1.165) is 33.6 Å². The first-order valence-corrected chi connectivity index (χ1v) is 15.4. The number of aromatic nitrogens is 2. The van der Waals surface area contributed by atoms with Crippen LogP contribution >= 0.6 is 0 Å². The minimum Gasteiger partial charge on any atom is -0.256 e. The molecular formula is C42H33BN2. The van der Waals surface area contributed by atoms with E-state index in [0.29, 0.717) is 0 Å². The second-order valence-corrected chi connectivity index (χ2v) is 11.7. The summed E-state index contributed by atoms with van der Waals surface area (Å²) < 4.78 is 0. The highest BCUT2D eigenvalue weighted by molar-refractivity contribution is 6.33. The zero-order chi connectivity index (χ0) is 30.8. The molecule has 2 heterocycles. The molecule has 2 nitrogen and oxygen atoms in total. The van der Waals surface area contributed by atoms with Gasteiger partial charge >= 0.3 is 0 Å². The maximum Gasteiger partial charge on any atom is 0.139 e. The fourth-order valence-corrected chi connectivity index (χ4v) is 6.24. The zero-order valence-corrected chi connectivity index (χ0v) is 25.8. The van der Waals surface area contributed by atoms with Crippen molar-refractivity contribution in [3.8, 4) is 67.0 Å². The third-order valence-corrected chi connectivity index (χ3v) is 8.49. The van der Waals surface area contributed by atoms with Gasteiger partial charge in [0.05, 0.1) is 11.4 Å². The van der Waals surface area contributed by atoms with E-state index in [1.54, 1.807) is 0 Å². The molecule has 5 aromatic carbocycles. The molecule has 0 saturated heterocycles. The number of rotatable bonds is 6. The van der Waals surface area contributed by atoms with Gasteiger partial charge in [0.15, 0.2) is 0 Å². The van der Waals surface area contributed by atoms with Crippen LogP contribution in [0.4, 0.5) is 0 Å². The Labute approximate surface area is 266 Å². The molecular weight excluding hydrogens is 543 g/mol. The average Bonchev–Trinajstić information content (AvgIpc) is 3.09. The fraction of sp³-hybridized carbons (Fsp3) is 0.0476. The zero-order valence-electron chi connectivity index (χ0n) is 25.8. The predicted octanol–water partition coefficient (Wildman–Crippen LogP) is 9.35. The number of benzene rings is 5. The Morgan fingerprint density at radius 3 is 1.16 bits per heavy atom. The Kier molecular flexibility index (Phi) is 7.67. The van der Waals surface area contributed by atoms with Gasteiger partial charge in [0.2, 0.25) is 0 Å². The highest BCUT2D eigenvalue weighted by atomic mass is 14.7. The van der Waals surface area contributed by atoms with Gasteiger partial charge in [-0.2, -0.15) is 0 Å². The molecule has 214 valence electrons. The molecule has 0 saturated carbocycles. The van der Waals surface area contributed by atoms with E-state index in [1.165, 1.54) is 50.0 Å². The number of hydrogen-bond acceptors (Lipinski definition) is 2. The first kappa shape index (κ1) is 28.2. The largest absolute Gasteiger partial charge is 0.256 e. The van der Waals surface area contributed by atoms with Crippen LogP contribution in [0.25, 0.3) is 67.0 Å². The van der Waals surface area contributed by atoms with Gasteiger partial charge in [-0.15, -0.1) is 0 Å². The molecule has 0 atom stereocenters. The van der Waals surface area contributed by atoms with Crippen molar-refractivity contribution in [1.82, 2.24) is 9.97 Å². The number of nitrogens with zero attached hydrogens (tertiary/aromatic N) is 2. The van der Waals surface area contributed by atoms with Gasteiger partial charge in [-0.25, -0.2) is 0 Å². The highest BCUT2D eigenvalue weighted by Crippen LogP contribution is 2.38. The lowest BCUT2D eigenvalue weighted by Gasteiger charge is -2.17. The van der Waals surface area contributed by atoms with E-state index in [1.807, 2.05) is 24.5 Å². The van der Waals surface area contributed by atoms with Crippen LogP contribution in [-0.2, 0) is 0 Å². The van der Waals surface area contributed by atoms with Gasteiger partial charge in [0.25, 0.3) is 0 Å². The Bertz CT molecular complexity index is 1980. The Hall–Kier alpha value is -5.54. The molecule has 0 amide bonds. The van der Waals surface area contributed by atoms with Crippen LogP contribution in [0.1, 0.15) is 11.1 Å². The topological polar surface area (TPSA) is 25.8 Å². The van der Waals surface area contributed by atoms with Crippen molar-refractivity contribution in [2.45, 2.75) is 13.8 Å². The third kappa shape index (κ3) is 5.73. The van der Waals surface area contributed by atoms with E-state index in [-0.39, 0.29) is 0 Å².